The number of benzene rings is 1. The van der Waals surface area contributed by atoms with Crippen molar-refractivity contribution < 1.29 is 4.79 Å². The van der Waals surface area contributed by atoms with Crippen molar-refractivity contribution >= 4 is 34.7 Å². The van der Waals surface area contributed by atoms with Crippen molar-refractivity contribution in [2.45, 2.75) is 52.1 Å². The fourth-order valence-electron chi connectivity index (χ4n) is 4.77. The molecule has 1 aromatic carbocycles. The highest BCUT2D eigenvalue weighted by atomic mass is 16.2. The van der Waals surface area contributed by atoms with Crippen molar-refractivity contribution in [1.82, 2.24) is 29.3 Å². The molecule has 1 aliphatic heterocycles. The zero-order valence-electron chi connectivity index (χ0n) is 20.3. The van der Waals surface area contributed by atoms with Crippen LogP contribution in [0.5, 0.6) is 0 Å². The van der Waals surface area contributed by atoms with Gasteiger partial charge in [-0.3, -0.25) is 4.79 Å². The number of nitrogens with one attached hydrogen (secondary N) is 1. The summed E-state index contributed by atoms with van der Waals surface area (Å²) >= 11 is 0. The average molecular weight is 474 g/mol. The number of carbonyl (C=O) groups excluding carboxylic acids is 1. The molecule has 182 valence electrons. The van der Waals surface area contributed by atoms with Crippen LogP contribution >= 0.6 is 0 Å². The third kappa shape index (κ3) is 4.68. The summed E-state index contributed by atoms with van der Waals surface area (Å²) < 4.78 is 3.52. The molecular formula is C25H31N9O. The normalized spacial score (nSPS) is 14.7. The van der Waals surface area contributed by atoms with Gasteiger partial charge in [-0.15, -0.1) is 0 Å². The van der Waals surface area contributed by atoms with Crippen LogP contribution in [0.2, 0.25) is 0 Å². The van der Waals surface area contributed by atoms with E-state index in [1.54, 1.807) is 15.6 Å². The first-order valence-corrected chi connectivity index (χ1v) is 12.0. The lowest BCUT2D eigenvalue weighted by Gasteiger charge is -2.33. The molecule has 3 aromatic heterocycles. The zero-order valence-corrected chi connectivity index (χ0v) is 20.3. The summed E-state index contributed by atoms with van der Waals surface area (Å²) in [7, 11) is 0. The lowest BCUT2D eigenvalue weighted by molar-refractivity contribution is -0.116. The lowest BCUT2D eigenvalue weighted by Crippen LogP contribution is -2.34. The summed E-state index contributed by atoms with van der Waals surface area (Å²) in [5.41, 5.74) is 9.53. The standard InChI is InChI=1S/C25H31N9O/c1-16(2)34-20(13-17(3)31-34)28-21(35)14-33-15-27-22-23(29-25(26)30-24(22)33)32-11-9-19(10-12-32)18-7-5-4-6-8-18/h4-8,13,15-16,19H,9-12,14H2,1-3H3,(H,28,35)(H2,26,29,30). The number of anilines is 3. The van der Waals surface area contributed by atoms with E-state index in [0.29, 0.717) is 22.9 Å². The van der Waals surface area contributed by atoms with Crippen LogP contribution in [0.1, 0.15) is 49.9 Å². The summed E-state index contributed by atoms with van der Waals surface area (Å²) in [6.45, 7) is 7.73. The maximum Gasteiger partial charge on any atom is 0.245 e. The van der Waals surface area contributed by atoms with E-state index in [-0.39, 0.29) is 24.4 Å². The van der Waals surface area contributed by atoms with Gasteiger partial charge in [0.15, 0.2) is 17.0 Å². The number of hydrogen-bond donors (Lipinski definition) is 2. The predicted molar refractivity (Wildman–Crippen MR) is 136 cm³/mol. The number of nitrogens with zero attached hydrogens (tertiary/aromatic N) is 7. The molecule has 10 nitrogen and oxygen atoms in total. The number of carbonyl (C=O) groups is 1. The number of imidazole rings is 1. The second kappa shape index (κ2) is 9.36. The van der Waals surface area contributed by atoms with Gasteiger partial charge in [-0.05, 0) is 45.1 Å². The van der Waals surface area contributed by atoms with Crippen LogP contribution in [0.4, 0.5) is 17.6 Å². The van der Waals surface area contributed by atoms with Crippen molar-refractivity contribution in [3.63, 3.8) is 0 Å². The molecule has 35 heavy (non-hydrogen) atoms. The van der Waals surface area contributed by atoms with Crippen LogP contribution < -0.4 is 16.0 Å². The smallest absolute Gasteiger partial charge is 0.245 e. The molecule has 0 atom stereocenters. The fourth-order valence-corrected chi connectivity index (χ4v) is 4.77. The van der Waals surface area contributed by atoms with Crippen LogP contribution in [0.25, 0.3) is 11.2 Å². The molecule has 1 amide bonds. The van der Waals surface area contributed by atoms with Gasteiger partial charge in [0.2, 0.25) is 11.9 Å². The highest BCUT2D eigenvalue weighted by Crippen LogP contribution is 2.32. The Morgan fingerprint density at radius 1 is 1.17 bits per heavy atom. The average Bonchev–Trinajstić information content (AvgIpc) is 3.42. The van der Waals surface area contributed by atoms with Crippen molar-refractivity contribution in [3.05, 3.63) is 54.0 Å². The van der Waals surface area contributed by atoms with Gasteiger partial charge in [0, 0.05) is 25.2 Å². The van der Waals surface area contributed by atoms with Crippen molar-refractivity contribution in [1.29, 1.82) is 0 Å². The summed E-state index contributed by atoms with van der Waals surface area (Å²) in [5.74, 6) is 1.92. The molecule has 5 rings (SSSR count). The Balaban J connectivity index is 1.33. The lowest BCUT2D eigenvalue weighted by atomic mass is 9.89. The second-order valence-electron chi connectivity index (χ2n) is 9.38. The van der Waals surface area contributed by atoms with E-state index in [1.165, 1.54) is 5.56 Å². The number of nitrogens with two attached hydrogens (primary N) is 1. The van der Waals surface area contributed by atoms with Gasteiger partial charge in [0.05, 0.1) is 12.0 Å². The molecule has 0 saturated carbocycles. The van der Waals surface area contributed by atoms with Gasteiger partial charge in [-0.25, -0.2) is 9.67 Å². The van der Waals surface area contributed by atoms with E-state index in [9.17, 15) is 4.79 Å². The first-order valence-electron chi connectivity index (χ1n) is 12.0. The summed E-state index contributed by atoms with van der Waals surface area (Å²) in [4.78, 5) is 28.6. The Morgan fingerprint density at radius 3 is 2.63 bits per heavy atom. The van der Waals surface area contributed by atoms with Gasteiger partial charge < -0.3 is 20.5 Å². The highest BCUT2D eigenvalue weighted by Gasteiger charge is 2.25. The van der Waals surface area contributed by atoms with E-state index in [2.05, 4.69) is 60.6 Å². The van der Waals surface area contributed by atoms with E-state index < -0.39 is 0 Å². The molecule has 1 aliphatic rings. The van der Waals surface area contributed by atoms with Gasteiger partial charge in [0.1, 0.15) is 12.4 Å². The monoisotopic (exact) mass is 473 g/mol. The minimum atomic E-state index is -0.187. The van der Waals surface area contributed by atoms with Crippen molar-refractivity contribution in [2.75, 3.05) is 29.0 Å². The zero-order chi connectivity index (χ0) is 24.5. The van der Waals surface area contributed by atoms with Gasteiger partial charge >= 0.3 is 0 Å². The number of nitrogen functional groups attached to an aromatic ring is 1. The summed E-state index contributed by atoms with van der Waals surface area (Å²) in [6.07, 6.45) is 3.69. The van der Waals surface area contributed by atoms with Crippen LogP contribution in [-0.4, -0.2) is 48.3 Å². The minimum Gasteiger partial charge on any atom is -0.368 e. The number of rotatable bonds is 6. The molecule has 0 spiro atoms. The first kappa shape index (κ1) is 22.8. The predicted octanol–water partition coefficient (Wildman–Crippen LogP) is 3.52. The molecule has 10 heteroatoms. The Labute approximate surface area is 204 Å². The van der Waals surface area contributed by atoms with E-state index in [4.69, 9.17) is 5.73 Å². The maximum atomic E-state index is 12.9. The molecule has 1 saturated heterocycles. The fraction of sp³-hybridized carbons (Fsp3) is 0.400. The maximum absolute atomic E-state index is 12.9. The summed E-state index contributed by atoms with van der Waals surface area (Å²) in [6, 6.07) is 12.6. The number of fused-ring (bicyclic) bond motifs is 1. The van der Waals surface area contributed by atoms with Crippen LogP contribution in [0, 0.1) is 6.92 Å². The molecule has 0 bridgehead atoms. The molecule has 3 N–H and O–H groups in total. The SMILES string of the molecule is Cc1cc(NC(=O)Cn2cnc3c(N4CCC(c5ccccc5)CC4)nc(N)nc32)n(C(C)C)n1. The quantitative estimate of drug-likeness (QED) is 0.440. The number of aromatic nitrogens is 6. The number of piperidine rings is 1. The third-order valence-electron chi connectivity index (χ3n) is 6.46. The number of aryl methyl sites for hydroxylation is 1. The van der Waals surface area contributed by atoms with Crippen molar-refractivity contribution in [2.24, 2.45) is 0 Å². The van der Waals surface area contributed by atoms with E-state index in [1.807, 2.05) is 26.8 Å². The van der Waals surface area contributed by atoms with Gasteiger partial charge in [0.25, 0.3) is 0 Å². The Kier molecular flexibility index (Phi) is 6.10. The Bertz CT molecular complexity index is 1330. The topological polar surface area (TPSA) is 120 Å². The first-order chi connectivity index (χ1) is 16.9. The highest BCUT2D eigenvalue weighted by molar-refractivity contribution is 5.91. The van der Waals surface area contributed by atoms with E-state index >= 15 is 0 Å². The van der Waals surface area contributed by atoms with Crippen LogP contribution in [-0.2, 0) is 11.3 Å². The third-order valence-corrected chi connectivity index (χ3v) is 6.46. The van der Waals surface area contributed by atoms with E-state index in [0.717, 1.165) is 37.4 Å². The molecule has 4 heterocycles. The Morgan fingerprint density at radius 2 is 1.91 bits per heavy atom. The molecular weight excluding hydrogens is 442 g/mol. The summed E-state index contributed by atoms with van der Waals surface area (Å²) in [5, 5.41) is 7.41. The number of amides is 1. The Hall–Kier alpha value is -3.95. The molecule has 0 unspecified atom stereocenters. The molecule has 0 radical (unpaired) electrons. The minimum absolute atomic E-state index is 0.0603. The van der Waals surface area contributed by atoms with Gasteiger partial charge in [-0.2, -0.15) is 15.1 Å². The molecule has 1 fully saturated rings. The van der Waals surface area contributed by atoms with Crippen LogP contribution in [0.15, 0.2) is 42.7 Å². The molecule has 0 aliphatic carbocycles. The second-order valence-corrected chi connectivity index (χ2v) is 9.38. The van der Waals surface area contributed by atoms with Crippen LogP contribution in [0.3, 0.4) is 0 Å². The van der Waals surface area contributed by atoms with Gasteiger partial charge in [-0.1, -0.05) is 30.3 Å². The van der Waals surface area contributed by atoms with Crippen molar-refractivity contribution in [3.8, 4) is 0 Å². The largest absolute Gasteiger partial charge is 0.368 e. The number of hydrogen-bond acceptors (Lipinski definition) is 7. The molecule has 4 aromatic rings.